The van der Waals surface area contributed by atoms with Crippen LogP contribution in [0.3, 0.4) is 0 Å². The van der Waals surface area contributed by atoms with Crippen molar-refractivity contribution in [3.05, 3.63) is 105 Å². The minimum atomic E-state index is -0.855. The number of anilines is 1. The molecule has 7 heteroatoms. The predicted octanol–water partition coefficient (Wildman–Crippen LogP) is 6.00. The molecule has 5 rings (SSSR count). The molecule has 4 aromatic rings. The van der Waals surface area contributed by atoms with Crippen LogP contribution >= 0.6 is 0 Å². The molecular weight excluding hydrogens is 440 g/mol. The standard InChI is InChI=1S/C27H21F2NO4/c1-2-3-13-33-20-6-4-5-16(14-20)24-23-25(31)21-15-18(29)9-12-22(21)34-26(23)27(32)30(24)19-10-7-17(28)8-11-19/h4-12,14-15,24H,2-3,13H2,1H3. The quantitative estimate of drug-likeness (QED) is 0.331. The summed E-state index contributed by atoms with van der Waals surface area (Å²) in [5.41, 5.74) is 0.757. The van der Waals surface area contributed by atoms with Gasteiger partial charge in [0.2, 0.25) is 5.76 Å². The third kappa shape index (κ3) is 3.73. The van der Waals surface area contributed by atoms with Crippen LogP contribution in [-0.2, 0) is 0 Å². The van der Waals surface area contributed by atoms with Crippen LogP contribution in [-0.4, -0.2) is 12.5 Å². The van der Waals surface area contributed by atoms with Gasteiger partial charge in [-0.15, -0.1) is 0 Å². The number of rotatable bonds is 6. The minimum Gasteiger partial charge on any atom is -0.494 e. The van der Waals surface area contributed by atoms with Gasteiger partial charge < -0.3 is 9.15 Å². The van der Waals surface area contributed by atoms with Crippen LogP contribution in [0.4, 0.5) is 14.5 Å². The zero-order chi connectivity index (χ0) is 23.8. The molecule has 0 fully saturated rings. The van der Waals surface area contributed by atoms with Crippen molar-refractivity contribution in [2.75, 3.05) is 11.5 Å². The third-order valence-corrected chi connectivity index (χ3v) is 5.88. The molecule has 1 aromatic heterocycles. The van der Waals surface area contributed by atoms with Crippen molar-refractivity contribution in [2.24, 2.45) is 0 Å². The molecule has 1 amide bonds. The van der Waals surface area contributed by atoms with Crippen molar-refractivity contribution in [3.63, 3.8) is 0 Å². The Labute approximate surface area is 194 Å². The number of hydrogen-bond acceptors (Lipinski definition) is 4. The SMILES string of the molecule is CCCCOc1cccc(C2c3c(oc4ccc(F)cc4c3=O)C(=O)N2c2ccc(F)cc2)c1. The molecule has 0 saturated heterocycles. The lowest BCUT2D eigenvalue weighted by Gasteiger charge is -2.25. The molecule has 0 aliphatic carbocycles. The van der Waals surface area contributed by atoms with E-state index in [0.717, 1.165) is 18.9 Å². The van der Waals surface area contributed by atoms with E-state index in [1.807, 2.05) is 0 Å². The molecule has 1 atom stereocenters. The number of halogens is 2. The molecule has 2 heterocycles. The van der Waals surface area contributed by atoms with E-state index in [-0.39, 0.29) is 22.3 Å². The lowest BCUT2D eigenvalue weighted by molar-refractivity contribution is 0.0971. The van der Waals surface area contributed by atoms with Gasteiger partial charge in [0.15, 0.2) is 5.43 Å². The van der Waals surface area contributed by atoms with Crippen molar-refractivity contribution >= 4 is 22.6 Å². The summed E-state index contributed by atoms with van der Waals surface area (Å²) >= 11 is 0. The molecule has 0 spiro atoms. The molecule has 34 heavy (non-hydrogen) atoms. The Balaban J connectivity index is 1.71. The second kappa shape index (κ2) is 8.74. The summed E-state index contributed by atoms with van der Waals surface area (Å²) in [5.74, 6) is -1.08. The van der Waals surface area contributed by atoms with Crippen molar-refractivity contribution in [1.29, 1.82) is 0 Å². The van der Waals surface area contributed by atoms with Gasteiger partial charge in [-0.1, -0.05) is 25.5 Å². The van der Waals surface area contributed by atoms with Crippen LogP contribution in [0.5, 0.6) is 5.75 Å². The summed E-state index contributed by atoms with van der Waals surface area (Å²) in [5, 5.41) is 0.0489. The molecule has 1 unspecified atom stereocenters. The van der Waals surface area contributed by atoms with Gasteiger partial charge in [-0.3, -0.25) is 14.5 Å². The lowest BCUT2D eigenvalue weighted by atomic mass is 9.98. The van der Waals surface area contributed by atoms with E-state index in [1.165, 1.54) is 41.3 Å². The first-order valence-electron chi connectivity index (χ1n) is 11.1. The van der Waals surface area contributed by atoms with Gasteiger partial charge in [-0.05, 0) is 66.6 Å². The van der Waals surface area contributed by atoms with Gasteiger partial charge in [-0.25, -0.2) is 8.78 Å². The summed E-state index contributed by atoms with van der Waals surface area (Å²) in [4.78, 5) is 28.4. The monoisotopic (exact) mass is 461 g/mol. The first-order chi connectivity index (χ1) is 16.5. The van der Waals surface area contributed by atoms with E-state index in [4.69, 9.17) is 9.15 Å². The van der Waals surface area contributed by atoms with Crippen LogP contribution < -0.4 is 15.1 Å². The minimum absolute atomic E-state index is 0.0489. The van der Waals surface area contributed by atoms with Gasteiger partial charge in [0.05, 0.1) is 23.6 Å². The maximum Gasteiger partial charge on any atom is 0.295 e. The smallest absolute Gasteiger partial charge is 0.295 e. The molecule has 3 aromatic carbocycles. The van der Waals surface area contributed by atoms with Crippen LogP contribution in [0.1, 0.15) is 47.5 Å². The molecule has 1 aliphatic heterocycles. The number of benzene rings is 3. The van der Waals surface area contributed by atoms with E-state index in [0.29, 0.717) is 23.6 Å². The number of unbranched alkanes of at least 4 members (excludes halogenated alkanes) is 1. The summed E-state index contributed by atoms with van der Waals surface area (Å²) in [6.07, 6.45) is 1.87. The molecular formula is C27H21F2NO4. The summed E-state index contributed by atoms with van der Waals surface area (Å²) in [6, 6.07) is 15.3. The summed E-state index contributed by atoms with van der Waals surface area (Å²) in [6.45, 7) is 2.60. The van der Waals surface area contributed by atoms with E-state index >= 15 is 0 Å². The average Bonchev–Trinajstić information content (AvgIpc) is 3.13. The molecule has 0 saturated carbocycles. The van der Waals surface area contributed by atoms with Crippen LogP contribution in [0.2, 0.25) is 0 Å². The molecule has 0 N–H and O–H groups in total. The Kier molecular flexibility index (Phi) is 5.61. The zero-order valence-corrected chi connectivity index (χ0v) is 18.4. The zero-order valence-electron chi connectivity index (χ0n) is 18.4. The van der Waals surface area contributed by atoms with Crippen LogP contribution in [0.15, 0.2) is 75.9 Å². The highest BCUT2D eigenvalue weighted by Gasteiger charge is 2.43. The third-order valence-electron chi connectivity index (χ3n) is 5.88. The number of ether oxygens (including phenoxy) is 1. The Morgan fingerprint density at radius 1 is 0.971 bits per heavy atom. The second-order valence-electron chi connectivity index (χ2n) is 8.14. The predicted molar refractivity (Wildman–Crippen MR) is 124 cm³/mol. The number of hydrogen-bond donors (Lipinski definition) is 0. The summed E-state index contributed by atoms with van der Waals surface area (Å²) in [7, 11) is 0. The first-order valence-corrected chi connectivity index (χ1v) is 11.1. The van der Waals surface area contributed by atoms with Gasteiger partial charge in [0, 0.05) is 5.69 Å². The highest BCUT2D eigenvalue weighted by atomic mass is 19.1. The van der Waals surface area contributed by atoms with Gasteiger partial charge >= 0.3 is 0 Å². The molecule has 0 radical (unpaired) electrons. The Bertz CT molecular complexity index is 1450. The number of carbonyl (C=O) groups is 1. The fourth-order valence-corrected chi connectivity index (χ4v) is 4.24. The van der Waals surface area contributed by atoms with Crippen molar-refractivity contribution < 1.29 is 22.7 Å². The Morgan fingerprint density at radius 2 is 1.74 bits per heavy atom. The summed E-state index contributed by atoms with van der Waals surface area (Å²) < 4.78 is 39.2. The lowest BCUT2D eigenvalue weighted by Crippen LogP contribution is -2.29. The van der Waals surface area contributed by atoms with Crippen molar-refractivity contribution in [2.45, 2.75) is 25.8 Å². The van der Waals surface area contributed by atoms with Gasteiger partial charge in [0.25, 0.3) is 5.91 Å². The van der Waals surface area contributed by atoms with Gasteiger partial charge in [-0.2, -0.15) is 0 Å². The van der Waals surface area contributed by atoms with Crippen LogP contribution in [0.25, 0.3) is 11.0 Å². The van der Waals surface area contributed by atoms with E-state index in [9.17, 15) is 18.4 Å². The molecule has 5 nitrogen and oxygen atoms in total. The van der Waals surface area contributed by atoms with Crippen LogP contribution in [0, 0.1) is 11.6 Å². The van der Waals surface area contributed by atoms with Crippen molar-refractivity contribution in [3.8, 4) is 5.75 Å². The molecule has 0 bridgehead atoms. The average molecular weight is 461 g/mol. The molecule has 172 valence electrons. The van der Waals surface area contributed by atoms with Crippen molar-refractivity contribution in [1.82, 2.24) is 0 Å². The number of carbonyl (C=O) groups excluding carboxylic acids is 1. The van der Waals surface area contributed by atoms with Gasteiger partial charge in [0.1, 0.15) is 23.0 Å². The van der Waals surface area contributed by atoms with E-state index in [1.54, 1.807) is 24.3 Å². The highest BCUT2D eigenvalue weighted by Crippen LogP contribution is 2.42. The maximum atomic E-state index is 13.9. The highest BCUT2D eigenvalue weighted by molar-refractivity contribution is 6.10. The fraction of sp³-hybridized carbons (Fsp3) is 0.185. The second-order valence-corrected chi connectivity index (χ2v) is 8.14. The number of nitrogens with zero attached hydrogens (tertiary/aromatic N) is 1. The van der Waals surface area contributed by atoms with E-state index in [2.05, 4.69) is 6.92 Å². The largest absolute Gasteiger partial charge is 0.494 e. The normalized spacial score (nSPS) is 15.1. The number of fused-ring (bicyclic) bond motifs is 2. The number of amides is 1. The Morgan fingerprint density at radius 3 is 2.50 bits per heavy atom. The fourth-order valence-electron chi connectivity index (χ4n) is 4.24. The topological polar surface area (TPSA) is 59.8 Å². The maximum absolute atomic E-state index is 13.9. The van der Waals surface area contributed by atoms with E-state index < -0.39 is 29.0 Å². The Hall–Kier alpha value is -4.00. The first kappa shape index (κ1) is 21.8. The molecule has 1 aliphatic rings.